The number of amides is 1. The van der Waals surface area contributed by atoms with Crippen molar-refractivity contribution < 1.29 is 14.6 Å². The largest absolute Gasteiger partial charge is 0.497 e. The maximum atomic E-state index is 12.4. The highest BCUT2D eigenvalue weighted by atomic mass is 32.2. The lowest BCUT2D eigenvalue weighted by molar-refractivity contribution is -0.127. The zero-order valence-corrected chi connectivity index (χ0v) is 16.3. The fraction of sp³-hybridized carbons (Fsp3) is 0.300. The first kappa shape index (κ1) is 20.8. The van der Waals surface area contributed by atoms with Crippen molar-refractivity contribution in [1.29, 1.82) is 0 Å². The lowest BCUT2D eigenvalue weighted by Gasteiger charge is -2.19. The third kappa shape index (κ3) is 5.74. The summed E-state index contributed by atoms with van der Waals surface area (Å²) in [7, 11) is 1.63. The van der Waals surface area contributed by atoms with Gasteiger partial charge in [-0.2, -0.15) is 0 Å². The fourth-order valence-electron chi connectivity index (χ4n) is 2.52. The zero-order valence-electron chi connectivity index (χ0n) is 15.5. The van der Waals surface area contributed by atoms with Gasteiger partial charge < -0.3 is 19.3 Å². The Morgan fingerprint density at radius 2 is 1.96 bits per heavy atom. The first-order valence-electron chi connectivity index (χ1n) is 8.53. The number of benzene rings is 1. The topological polar surface area (TPSA) is 67.6 Å². The highest BCUT2D eigenvalue weighted by Gasteiger charge is 2.15. The van der Waals surface area contributed by atoms with Crippen molar-refractivity contribution in [1.82, 2.24) is 14.5 Å². The predicted octanol–water partition coefficient (Wildman–Crippen LogP) is 2.73. The summed E-state index contributed by atoms with van der Waals surface area (Å²) < 4.78 is 7.10. The number of rotatable bonds is 11. The molecule has 2 rings (SSSR count). The molecule has 0 atom stereocenters. The molecule has 0 radical (unpaired) electrons. The lowest BCUT2D eigenvalue weighted by atomic mass is 10.2. The van der Waals surface area contributed by atoms with Crippen molar-refractivity contribution in [2.75, 3.05) is 26.0 Å². The summed E-state index contributed by atoms with van der Waals surface area (Å²) in [5.41, 5.74) is 1.76. The molecule has 27 heavy (non-hydrogen) atoms. The minimum atomic E-state index is -0.114. The van der Waals surface area contributed by atoms with Crippen LogP contribution in [0.4, 0.5) is 0 Å². The lowest BCUT2D eigenvalue weighted by Crippen LogP contribution is -2.32. The zero-order chi connectivity index (χ0) is 19.6. The molecule has 2 aromatic rings. The SMILES string of the molecule is C=CCN(CC=C)C(=O)CSc1ncc(CO)n1Cc1ccc(OC)cc1. The first-order chi connectivity index (χ1) is 13.1. The summed E-state index contributed by atoms with van der Waals surface area (Å²) >= 11 is 1.35. The molecule has 144 valence electrons. The number of aliphatic hydroxyl groups is 1. The first-order valence-corrected chi connectivity index (χ1v) is 9.52. The van der Waals surface area contributed by atoms with Crippen molar-refractivity contribution in [2.45, 2.75) is 18.3 Å². The number of carbonyl (C=O) groups is 1. The maximum absolute atomic E-state index is 12.4. The molecule has 1 amide bonds. The molecule has 0 aliphatic carbocycles. The molecular weight excluding hydrogens is 362 g/mol. The molecule has 1 aromatic heterocycles. The number of hydrogen-bond donors (Lipinski definition) is 1. The Labute approximate surface area is 164 Å². The number of methoxy groups -OCH3 is 1. The van der Waals surface area contributed by atoms with E-state index in [9.17, 15) is 9.90 Å². The number of nitrogens with zero attached hydrogens (tertiary/aromatic N) is 3. The van der Waals surface area contributed by atoms with E-state index in [4.69, 9.17) is 4.74 Å². The van der Waals surface area contributed by atoms with Crippen LogP contribution in [-0.2, 0) is 17.9 Å². The average Bonchev–Trinajstić information content (AvgIpc) is 3.08. The van der Waals surface area contributed by atoms with Crippen LogP contribution in [0, 0.1) is 0 Å². The smallest absolute Gasteiger partial charge is 0.233 e. The number of hydrogen-bond acceptors (Lipinski definition) is 5. The summed E-state index contributed by atoms with van der Waals surface area (Å²) in [6, 6.07) is 7.72. The van der Waals surface area contributed by atoms with Crippen molar-refractivity contribution in [3.8, 4) is 5.75 Å². The number of thioether (sulfide) groups is 1. The van der Waals surface area contributed by atoms with Gasteiger partial charge in [0.25, 0.3) is 0 Å². The van der Waals surface area contributed by atoms with Gasteiger partial charge in [-0.3, -0.25) is 4.79 Å². The molecule has 0 unspecified atom stereocenters. The average molecular weight is 388 g/mol. The molecule has 0 bridgehead atoms. The van der Waals surface area contributed by atoms with E-state index in [0.717, 1.165) is 11.3 Å². The van der Waals surface area contributed by atoms with Crippen LogP contribution in [0.25, 0.3) is 0 Å². The van der Waals surface area contributed by atoms with Gasteiger partial charge in [0.05, 0.1) is 31.4 Å². The molecule has 1 N–H and O–H groups in total. The predicted molar refractivity (Wildman–Crippen MR) is 108 cm³/mol. The van der Waals surface area contributed by atoms with E-state index in [1.54, 1.807) is 30.4 Å². The number of aromatic nitrogens is 2. The van der Waals surface area contributed by atoms with E-state index in [-0.39, 0.29) is 18.3 Å². The van der Waals surface area contributed by atoms with Gasteiger partial charge in [0.1, 0.15) is 5.75 Å². The van der Waals surface area contributed by atoms with Crippen LogP contribution in [0.15, 0.2) is 60.9 Å². The van der Waals surface area contributed by atoms with Crippen LogP contribution < -0.4 is 4.74 Å². The van der Waals surface area contributed by atoms with Crippen LogP contribution in [0.3, 0.4) is 0 Å². The van der Waals surface area contributed by atoms with Gasteiger partial charge in [-0.1, -0.05) is 36.0 Å². The highest BCUT2D eigenvalue weighted by Crippen LogP contribution is 2.22. The van der Waals surface area contributed by atoms with E-state index in [1.165, 1.54) is 11.8 Å². The van der Waals surface area contributed by atoms with Crippen molar-refractivity contribution in [3.05, 3.63) is 67.0 Å². The molecule has 6 nitrogen and oxygen atoms in total. The standard InChI is InChI=1S/C20H25N3O3S/c1-4-10-22(11-5-2)19(25)15-27-20-21-12-17(14-24)23(20)13-16-6-8-18(26-3)9-7-16/h4-9,12,24H,1-2,10-11,13-15H2,3H3. The van der Waals surface area contributed by atoms with E-state index in [2.05, 4.69) is 18.1 Å². The van der Waals surface area contributed by atoms with E-state index in [1.807, 2.05) is 28.8 Å². The fourth-order valence-corrected chi connectivity index (χ4v) is 3.42. The Hall–Kier alpha value is -2.51. The van der Waals surface area contributed by atoms with Crippen LogP contribution in [0.1, 0.15) is 11.3 Å². The Bertz CT molecular complexity index is 761. The van der Waals surface area contributed by atoms with E-state index in [0.29, 0.717) is 30.5 Å². The van der Waals surface area contributed by atoms with Crippen LogP contribution in [-0.4, -0.2) is 51.4 Å². The quantitative estimate of drug-likeness (QED) is 0.474. The van der Waals surface area contributed by atoms with Gasteiger partial charge in [-0.05, 0) is 17.7 Å². The van der Waals surface area contributed by atoms with Gasteiger partial charge in [0.15, 0.2) is 5.16 Å². The van der Waals surface area contributed by atoms with Crippen LogP contribution in [0.5, 0.6) is 5.75 Å². The van der Waals surface area contributed by atoms with Crippen LogP contribution in [0.2, 0.25) is 0 Å². The van der Waals surface area contributed by atoms with Crippen molar-refractivity contribution >= 4 is 17.7 Å². The Morgan fingerprint density at radius 1 is 1.30 bits per heavy atom. The second kappa shape index (κ2) is 10.6. The Kier molecular flexibility index (Phi) is 8.16. The summed E-state index contributed by atoms with van der Waals surface area (Å²) in [5.74, 6) is 1.03. The third-order valence-electron chi connectivity index (χ3n) is 3.94. The molecule has 7 heteroatoms. The Morgan fingerprint density at radius 3 is 2.52 bits per heavy atom. The molecular formula is C20H25N3O3S. The Balaban J connectivity index is 2.10. The van der Waals surface area contributed by atoms with Gasteiger partial charge in [-0.25, -0.2) is 4.98 Å². The van der Waals surface area contributed by atoms with Gasteiger partial charge in [0.2, 0.25) is 5.91 Å². The number of aliphatic hydroxyl groups excluding tert-OH is 1. The number of imidazole rings is 1. The summed E-state index contributed by atoms with van der Waals surface area (Å²) in [6.45, 7) is 8.77. The molecule has 0 saturated heterocycles. The number of ether oxygens (including phenoxy) is 1. The summed E-state index contributed by atoms with van der Waals surface area (Å²) in [6.07, 6.45) is 5.03. The molecule has 1 aromatic carbocycles. The van der Waals surface area contributed by atoms with Crippen molar-refractivity contribution in [2.24, 2.45) is 0 Å². The summed E-state index contributed by atoms with van der Waals surface area (Å²) in [4.78, 5) is 18.5. The van der Waals surface area contributed by atoms with Crippen molar-refractivity contribution in [3.63, 3.8) is 0 Å². The molecule has 0 saturated carbocycles. The minimum absolute atomic E-state index is 0.00986. The third-order valence-corrected chi connectivity index (χ3v) is 4.92. The van der Waals surface area contributed by atoms with Gasteiger partial charge >= 0.3 is 0 Å². The molecule has 1 heterocycles. The number of carbonyl (C=O) groups excluding carboxylic acids is 1. The molecule has 0 aliphatic heterocycles. The monoisotopic (exact) mass is 387 g/mol. The van der Waals surface area contributed by atoms with Gasteiger partial charge in [-0.15, -0.1) is 13.2 Å². The van der Waals surface area contributed by atoms with E-state index >= 15 is 0 Å². The molecule has 0 fully saturated rings. The highest BCUT2D eigenvalue weighted by molar-refractivity contribution is 7.99. The normalized spacial score (nSPS) is 10.4. The molecule has 0 spiro atoms. The molecule has 0 aliphatic rings. The summed E-state index contributed by atoms with van der Waals surface area (Å²) in [5, 5.41) is 10.3. The minimum Gasteiger partial charge on any atom is -0.497 e. The van der Waals surface area contributed by atoms with E-state index < -0.39 is 0 Å². The second-order valence-electron chi connectivity index (χ2n) is 5.79. The maximum Gasteiger partial charge on any atom is 0.233 e. The van der Waals surface area contributed by atoms with Gasteiger partial charge in [0, 0.05) is 19.6 Å². The van der Waals surface area contributed by atoms with Crippen LogP contribution >= 0.6 is 11.8 Å². The second-order valence-corrected chi connectivity index (χ2v) is 6.73.